The van der Waals surface area contributed by atoms with Gasteiger partial charge in [0.15, 0.2) is 6.29 Å². The van der Waals surface area contributed by atoms with Crippen molar-refractivity contribution in [1.82, 2.24) is 0 Å². The van der Waals surface area contributed by atoms with Crippen molar-refractivity contribution in [3.05, 3.63) is 29.3 Å². The first kappa shape index (κ1) is 9.21. The zero-order chi connectivity index (χ0) is 10.1. The van der Waals surface area contributed by atoms with Crippen LogP contribution >= 0.6 is 0 Å². The van der Waals surface area contributed by atoms with Crippen molar-refractivity contribution >= 4 is 12.0 Å². The molecule has 2 rings (SSSR count). The van der Waals surface area contributed by atoms with Crippen LogP contribution in [0.15, 0.2) is 18.2 Å². The van der Waals surface area contributed by atoms with Crippen LogP contribution in [0.25, 0.3) is 0 Å². The van der Waals surface area contributed by atoms with E-state index in [0.717, 1.165) is 17.5 Å². The number of benzene rings is 1. The Morgan fingerprint density at radius 1 is 1.50 bits per heavy atom. The molecule has 0 saturated carbocycles. The Morgan fingerprint density at radius 2 is 2.21 bits per heavy atom. The monoisotopic (exact) mass is 191 g/mol. The van der Waals surface area contributed by atoms with Crippen LogP contribution in [0, 0.1) is 6.92 Å². The summed E-state index contributed by atoms with van der Waals surface area (Å²) >= 11 is 0. The fraction of sp³-hybridized carbons (Fsp3) is 0.364. The maximum Gasteiger partial charge on any atom is 0.152 e. The number of aldehydes is 1. The van der Waals surface area contributed by atoms with Crippen LogP contribution in [0.5, 0.6) is 0 Å². The molecule has 0 atom stereocenters. The molecule has 1 saturated heterocycles. The molecule has 1 aliphatic heterocycles. The number of β-amino-alcohol motifs (C(OH)–C–C–N with tert-alkyl or cyclic N) is 1. The maximum atomic E-state index is 10.8. The molecule has 3 heteroatoms. The lowest BCUT2D eigenvalue weighted by Crippen LogP contribution is -2.51. The van der Waals surface area contributed by atoms with E-state index in [2.05, 4.69) is 0 Å². The molecule has 1 heterocycles. The van der Waals surface area contributed by atoms with Crippen LogP contribution in [-0.4, -0.2) is 30.6 Å². The molecule has 74 valence electrons. The van der Waals surface area contributed by atoms with Crippen molar-refractivity contribution in [2.45, 2.75) is 13.0 Å². The van der Waals surface area contributed by atoms with Gasteiger partial charge in [-0.2, -0.15) is 0 Å². The molecule has 1 N–H and O–H groups in total. The summed E-state index contributed by atoms with van der Waals surface area (Å²) in [6, 6.07) is 5.78. The van der Waals surface area contributed by atoms with E-state index in [4.69, 9.17) is 5.11 Å². The molecular formula is C11H13NO2. The third-order valence-corrected chi connectivity index (χ3v) is 2.51. The van der Waals surface area contributed by atoms with Crippen molar-refractivity contribution in [1.29, 1.82) is 0 Å². The number of nitrogens with zero attached hydrogens (tertiary/aromatic N) is 1. The van der Waals surface area contributed by atoms with Crippen molar-refractivity contribution < 1.29 is 9.90 Å². The maximum absolute atomic E-state index is 10.8. The first-order chi connectivity index (χ1) is 6.70. The van der Waals surface area contributed by atoms with E-state index >= 15 is 0 Å². The van der Waals surface area contributed by atoms with Gasteiger partial charge in [0, 0.05) is 24.3 Å². The van der Waals surface area contributed by atoms with E-state index in [0.29, 0.717) is 18.7 Å². The molecule has 0 amide bonds. The molecule has 14 heavy (non-hydrogen) atoms. The SMILES string of the molecule is Cc1ccc(N2CC(O)C2)c(C=O)c1. The number of aryl methyl sites for hydroxylation is 1. The van der Waals surface area contributed by atoms with Crippen LogP contribution < -0.4 is 4.90 Å². The van der Waals surface area contributed by atoms with E-state index in [9.17, 15) is 4.79 Å². The van der Waals surface area contributed by atoms with Crippen molar-refractivity contribution in [3.63, 3.8) is 0 Å². The second kappa shape index (κ2) is 3.42. The van der Waals surface area contributed by atoms with Crippen LogP contribution in [0.4, 0.5) is 5.69 Å². The number of aliphatic hydroxyl groups excluding tert-OH is 1. The first-order valence-corrected chi connectivity index (χ1v) is 4.69. The summed E-state index contributed by atoms with van der Waals surface area (Å²) in [5.41, 5.74) is 2.71. The van der Waals surface area contributed by atoms with E-state index in [1.807, 2.05) is 30.0 Å². The third kappa shape index (κ3) is 1.51. The number of carbonyl (C=O) groups excluding carboxylic acids is 1. The molecule has 1 fully saturated rings. The molecule has 1 aromatic rings. The van der Waals surface area contributed by atoms with Crippen LogP contribution in [0.3, 0.4) is 0 Å². The lowest BCUT2D eigenvalue weighted by molar-refractivity contribution is 0.112. The molecular weight excluding hydrogens is 178 g/mol. The highest BCUT2D eigenvalue weighted by molar-refractivity contribution is 5.85. The minimum Gasteiger partial charge on any atom is -0.389 e. The minimum atomic E-state index is -0.240. The number of hydrogen-bond acceptors (Lipinski definition) is 3. The molecule has 0 unspecified atom stereocenters. The summed E-state index contributed by atoms with van der Waals surface area (Å²) in [5.74, 6) is 0. The number of rotatable bonds is 2. The van der Waals surface area contributed by atoms with Gasteiger partial charge < -0.3 is 10.0 Å². The lowest BCUT2D eigenvalue weighted by atomic mass is 10.1. The van der Waals surface area contributed by atoms with Gasteiger partial charge in [0.05, 0.1) is 6.10 Å². The predicted octanol–water partition coefficient (Wildman–Crippen LogP) is 0.988. The van der Waals surface area contributed by atoms with Crippen molar-refractivity contribution in [3.8, 4) is 0 Å². The minimum absolute atomic E-state index is 0.240. The number of anilines is 1. The topological polar surface area (TPSA) is 40.5 Å². The van der Waals surface area contributed by atoms with Crippen molar-refractivity contribution in [2.75, 3.05) is 18.0 Å². The third-order valence-electron chi connectivity index (χ3n) is 2.51. The highest BCUT2D eigenvalue weighted by atomic mass is 16.3. The van der Waals surface area contributed by atoms with E-state index in [1.165, 1.54) is 0 Å². The number of aliphatic hydroxyl groups is 1. The zero-order valence-electron chi connectivity index (χ0n) is 8.10. The number of hydrogen-bond donors (Lipinski definition) is 1. The second-order valence-electron chi connectivity index (χ2n) is 3.74. The van der Waals surface area contributed by atoms with Gasteiger partial charge in [-0.25, -0.2) is 0 Å². The molecule has 0 aromatic heterocycles. The molecule has 1 aromatic carbocycles. The highest BCUT2D eigenvalue weighted by Gasteiger charge is 2.25. The summed E-state index contributed by atoms with van der Waals surface area (Å²) in [4.78, 5) is 12.8. The molecule has 0 bridgehead atoms. The Bertz CT molecular complexity index is 356. The Morgan fingerprint density at radius 3 is 2.79 bits per heavy atom. The van der Waals surface area contributed by atoms with Crippen LogP contribution in [0.2, 0.25) is 0 Å². The average molecular weight is 191 g/mol. The molecule has 0 radical (unpaired) electrons. The fourth-order valence-electron chi connectivity index (χ4n) is 1.71. The van der Waals surface area contributed by atoms with Gasteiger partial charge in [0.25, 0.3) is 0 Å². The summed E-state index contributed by atoms with van der Waals surface area (Å²) in [6.07, 6.45) is 0.628. The quantitative estimate of drug-likeness (QED) is 0.709. The Labute approximate surface area is 83.0 Å². The van der Waals surface area contributed by atoms with Gasteiger partial charge in [-0.15, -0.1) is 0 Å². The second-order valence-corrected chi connectivity index (χ2v) is 3.74. The molecule has 3 nitrogen and oxygen atoms in total. The van der Waals surface area contributed by atoms with Crippen LogP contribution in [-0.2, 0) is 0 Å². The largest absolute Gasteiger partial charge is 0.389 e. The van der Waals surface area contributed by atoms with Gasteiger partial charge in [0.2, 0.25) is 0 Å². The van der Waals surface area contributed by atoms with E-state index in [-0.39, 0.29) is 6.10 Å². The van der Waals surface area contributed by atoms with Crippen LogP contribution in [0.1, 0.15) is 15.9 Å². The Balaban J connectivity index is 2.28. The van der Waals surface area contributed by atoms with Crippen molar-refractivity contribution in [2.24, 2.45) is 0 Å². The van der Waals surface area contributed by atoms with E-state index in [1.54, 1.807) is 0 Å². The highest BCUT2D eigenvalue weighted by Crippen LogP contribution is 2.24. The van der Waals surface area contributed by atoms with Gasteiger partial charge in [-0.3, -0.25) is 4.79 Å². The van der Waals surface area contributed by atoms with Gasteiger partial charge in [0.1, 0.15) is 0 Å². The molecule has 0 aliphatic carbocycles. The van der Waals surface area contributed by atoms with Gasteiger partial charge in [-0.1, -0.05) is 11.6 Å². The normalized spacial score (nSPS) is 16.6. The predicted molar refractivity (Wildman–Crippen MR) is 54.8 cm³/mol. The molecule has 0 spiro atoms. The average Bonchev–Trinajstić information content (AvgIpc) is 2.13. The zero-order valence-corrected chi connectivity index (χ0v) is 8.10. The first-order valence-electron chi connectivity index (χ1n) is 4.69. The summed E-state index contributed by atoms with van der Waals surface area (Å²) < 4.78 is 0. The summed E-state index contributed by atoms with van der Waals surface area (Å²) in [7, 11) is 0. The standard InChI is InChI=1S/C11H13NO2/c1-8-2-3-11(9(4-8)7-13)12-5-10(14)6-12/h2-4,7,10,14H,5-6H2,1H3. The van der Waals surface area contributed by atoms with Gasteiger partial charge in [-0.05, 0) is 19.1 Å². The van der Waals surface area contributed by atoms with Gasteiger partial charge >= 0.3 is 0 Å². The Kier molecular flexibility index (Phi) is 2.25. The number of carbonyl (C=O) groups is 1. The molecule has 1 aliphatic rings. The fourth-order valence-corrected chi connectivity index (χ4v) is 1.71. The lowest BCUT2D eigenvalue weighted by Gasteiger charge is -2.38. The smallest absolute Gasteiger partial charge is 0.152 e. The summed E-state index contributed by atoms with van der Waals surface area (Å²) in [6.45, 7) is 3.22. The summed E-state index contributed by atoms with van der Waals surface area (Å²) in [5, 5.41) is 9.17. The Hall–Kier alpha value is -1.35. The van der Waals surface area contributed by atoms with E-state index < -0.39 is 0 Å².